The van der Waals surface area contributed by atoms with Gasteiger partial charge in [0.15, 0.2) is 6.04 Å². The Morgan fingerprint density at radius 2 is 1.55 bits per heavy atom. The number of aryl methyl sites for hydroxylation is 1. The van der Waals surface area contributed by atoms with Gasteiger partial charge in [0, 0.05) is 12.0 Å². The van der Waals surface area contributed by atoms with Crippen LogP contribution in [0.5, 0.6) is 0 Å². The normalized spacial score (nSPS) is 17.0. The summed E-state index contributed by atoms with van der Waals surface area (Å²) in [6, 6.07) is 6.40. The molecule has 2 rings (SSSR count). The number of carbonyl (C=O) groups is 3. The van der Waals surface area contributed by atoms with Crippen LogP contribution in [0.25, 0.3) is 5.70 Å². The first kappa shape index (κ1) is 24.2. The standard InChI is InChI=1S/C23H32N2O6/c1-15-10-9-11-16(14-15)17-12-13-18(19(26)29-8)25(21(28)31-23(5,6)7)24(17)20(27)30-22(2,3)4/h9-12,14,18H,13H2,1-8H3/t18-/m1/s1. The molecule has 8 heteroatoms. The predicted molar refractivity (Wildman–Crippen MR) is 116 cm³/mol. The van der Waals surface area contributed by atoms with Gasteiger partial charge in [-0.2, -0.15) is 10.0 Å². The summed E-state index contributed by atoms with van der Waals surface area (Å²) in [5.41, 5.74) is 0.419. The number of esters is 1. The third-order valence-electron chi connectivity index (χ3n) is 4.21. The molecule has 1 aromatic rings. The number of hydrogen-bond acceptors (Lipinski definition) is 6. The molecular formula is C23H32N2O6. The second-order valence-electron chi connectivity index (χ2n) is 9.35. The van der Waals surface area contributed by atoms with Crippen molar-refractivity contribution in [3.05, 3.63) is 41.5 Å². The van der Waals surface area contributed by atoms with E-state index < -0.39 is 35.4 Å². The highest BCUT2D eigenvalue weighted by Gasteiger charge is 2.45. The van der Waals surface area contributed by atoms with Gasteiger partial charge < -0.3 is 14.2 Å². The fourth-order valence-corrected chi connectivity index (χ4v) is 3.05. The van der Waals surface area contributed by atoms with Gasteiger partial charge in [-0.05, 0) is 54.5 Å². The van der Waals surface area contributed by atoms with Gasteiger partial charge in [-0.1, -0.05) is 29.8 Å². The van der Waals surface area contributed by atoms with Gasteiger partial charge in [0.25, 0.3) is 0 Å². The van der Waals surface area contributed by atoms with Crippen LogP contribution in [0.3, 0.4) is 0 Å². The number of hydrazine groups is 1. The van der Waals surface area contributed by atoms with Crippen molar-refractivity contribution in [3.63, 3.8) is 0 Å². The number of rotatable bonds is 2. The van der Waals surface area contributed by atoms with Crippen molar-refractivity contribution in [1.29, 1.82) is 0 Å². The van der Waals surface area contributed by atoms with Crippen LogP contribution in [0.2, 0.25) is 0 Å². The van der Waals surface area contributed by atoms with E-state index >= 15 is 0 Å². The zero-order valence-corrected chi connectivity index (χ0v) is 19.5. The van der Waals surface area contributed by atoms with Crippen molar-refractivity contribution in [1.82, 2.24) is 10.0 Å². The SMILES string of the molecule is COC(=O)[C@H]1CC=C(c2cccc(C)c2)N(C(=O)OC(C)(C)C)N1C(=O)OC(C)(C)C. The first-order chi connectivity index (χ1) is 14.2. The molecule has 8 nitrogen and oxygen atoms in total. The van der Waals surface area contributed by atoms with Crippen molar-refractivity contribution in [2.45, 2.75) is 72.1 Å². The largest absolute Gasteiger partial charge is 0.467 e. The fourth-order valence-electron chi connectivity index (χ4n) is 3.05. The van der Waals surface area contributed by atoms with Crippen molar-refractivity contribution in [3.8, 4) is 0 Å². The highest BCUT2D eigenvalue weighted by molar-refractivity contribution is 5.90. The Balaban J connectivity index is 2.64. The van der Waals surface area contributed by atoms with Gasteiger partial charge in [-0.25, -0.2) is 14.4 Å². The Hall–Kier alpha value is -3.03. The molecule has 170 valence electrons. The maximum Gasteiger partial charge on any atom is 0.434 e. The van der Waals surface area contributed by atoms with Crippen molar-refractivity contribution in [2.24, 2.45) is 0 Å². The lowest BCUT2D eigenvalue weighted by molar-refractivity contribution is -0.152. The summed E-state index contributed by atoms with van der Waals surface area (Å²) in [7, 11) is 1.23. The minimum absolute atomic E-state index is 0.147. The number of benzene rings is 1. The first-order valence-electron chi connectivity index (χ1n) is 10.1. The monoisotopic (exact) mass is 432 g/mol. The van der Waals surface area contributed by atoms with Crippen LogP contribution in [0.4, 0.5) is 9.59 Å². The maximum atomic E-state index is 13.3. The molecule has 0 N–H and O–H groups in total. The zero-order valence-electron chi connectivity index (χ0n) is 19.5. The van der Waals surface area contributed by atoms with Crippen LogP contribution < -0.4 is 0 Å². The zero-order chi connectivity index (χ0) is 23.6. The summed E-state index contributed by atoms with van der Waals surface area (Å²) in [6.07, 6.45) is 0.210. The molecule has 0 aliphatic carbocycles. The number of hydrogen-bond donors (Lipinski definition) is 0. The van der Waals surface area contributed by atoms with E-state index in [0.29, 0.717) is 11.3 Å². The third-order valence-corrected chi connectivity index (χ3v) is 4.21. The van der Waals surface area contributed by atoms with E-state index in [4.69, 9.17) is 14.2 Å². The number of amides is 2. The molecular weight excluding hydrogens is 400 g/mol. The molecule has 0 unspecified atom stereocenters. The molecule has 0 aromatic heterocycles. The smallest absolute Gasteiger partial charge is 0.434 e. The Kier molecular flexibility index (Phi) is 7.03. The lowest BCUT2D eigenvalue weighted by atomic mass is 10.0. The molecule has 1 aliphatic heterocycles. The fraction of sp³-hybridized carbons (Fsp3) is 0.522. The summed E-state index contributed by atoms with van der Waals surface area (Å²) >= 11 is 0. The van der Waals surface area contributed by atoms with Crippen molar-refractivity contribution in [2.75, 3.05) is 7.11 Å². The Morgan fingerprint density at radius 1 is 0.968 bits per heavy atom. The molecule has 0 radical (unpaired) electrons. The minimum atomic E-state index is -1.08. The minimum Gasteiger partial charge on any atom is -0.467 e. The van der Waals surface area contributed by atoms with E-state index in [0.717, 1.165) is 15.6 Å². The van der Waals surface area contributed by atoms with Crippen LogP contribution in [0.1, 0.15) is 59.1 Å². The molecule has 31 heavy (non-hydrogen) atoms. The average Bonchev–Trinajstić information content (AvgIpc) is 2.63. The van der Waals surface area contributed by atoms with Crippen molar-refractivity contribution < 1.29 is 28.6 Å². The maximum absolute atomic E-state index is 13.3. The summed E-state index contributed by atoms with van der Waals surface area (Å²) in [5.74, 6) is -0.668. The summed E-state index contributed by atoms with van der Waals surface area (Å²) < 4.78 is 16.0. The molecule has 1 aromatic carbocycles. The van der Waals surface area contributed by atoms with Gasteiger partial charge in [0.05, 0.1) is 12.8 Å². The van der Waals surface area contributed by atoms with Crippen molar-refractivity contribution >= 4 is 23.9 Å². The van der Waals surface area contributed by atoms with E-state index in [1.54, 1.807) is 47.6 Å². The predicted octanol–water partition coefficient (Wildman–Crippen LogP) is 4.67. The number of nitrogens with zero attached hydrogens (tertiary/aromatic N) is 2. The summed E-state index contributed by atoms with van der Waals surface area (Å²) in [4.78, 5) is 39.0. The lowest BCUT2D eigenvalue weighted by Crippen LogP contribution is -2.59. The molecule has 0 fully saturated rings. The van der Waals surface area contributed by atoms with Gasteiger partial charge in [-0.15, -0.1) is 0 Å². The highest BCUT2D eigenvalue weighted by atomic mass is 16.6. The van der Waals surface area contributed by atoms with E-state index in [9.17, 15) is 14.4 Å². The Labute approximate surface area is 183 Å². The second-order valence-corrected chi connectivity index (χ2v) is 9.35. The van der Waals surface area contributed by atoms with Gasteiger partial charge in [-0.3, -0.25) is 0 Å². The van der Waals surface area contributed by atoms with Gasteiger partial charge >= 0.3 is 18.2 Å². The third kappa shape index (κ3) is 6.23. The lowest BCUT2D eigenvalue weighted by Gasteiger charge is -2.42. The summed E-state index contributed by atoms with van der Waals surface area (Å²) in [5, 5.41) is 2.06. The van der Waals surface area contributed by atoms with E-state index in [-0.39, 0.29) is 6.42 Å². The topological polar surface area (TPSA) is 85.4 Å². The number of methoxy groups -OCH3 is 1. The molecule has 1 atom stereocenters. The number of carbonyl (C=O) groups excluding carboxylic acids is 3. The molecule has 1 heterocycles. The Morgan fingerprint density at radius 3 is 2.06 bits per heavy atom. The molecule has 0 saturated heterocycles. The van der Waals surface area contributed by atoms with Crippen LogP contribution >= 0.6 is 0 Å². The van der Waals surface area contributed by atoms with Crippen LogP contribution in [0, 0.1) is 6.92 Å². The highest BCUT2D eigenvalue weighted by Crippen LogP contribution is 2.33. The molecule has 1 aliphatic rings. The molecule has 0 spiro atoms. The second kappa shape index (κ2) is 8.99. The molecule has 0 saturated carbocycles. The molecule has 2 amide bonds. The van der Waals surface area contributed by atoms with Crippen LogP contribution in [0.15, 0.2) is 30.3 Å². The van der Waals surface area contributed by atoms with Crippen LogP contribution in [-0.2, 0) is 19.0 Å². The van der Waals surface area contributed by atoms with Crippen LogP contribution in [-0.4, -0.2) is 52.5 Å². The van der Waals surface area contributed by atoms with E-state index in [2.05, 4.69) is 0 Å². The van der Waals surface area contributed by atoms with E-state index in [1.165, 1.54) is 7.11 Å². The average molecular weight is 433 g/mol. The Bertz CT molecular complexity index is 879. The quantitative estimate of drug-likeness (QED) is 0.499. The first-order valence-corrected chi connectivity index (χ1v) is 10.1. The molecule has 0 bridgehead atoms. The summed E-state index contributed by atoms with van der Waals surface area (Å²) in [6.45, 7) is 12.2. The van der Waals surface area contributed by atoms with Gasteiger partial charge in [0.2, 0.25) is 0 Å². The number of ether oxygens (including phenoxy) is 3. The van der Waals surface area contributed by atoms with E-state index in [1.807, 2.05) is 31.2 Å². The van der Waals surface area contributed by atoms with Gasteiger partial charge in [0.1, 0.15) is 11.2 Å².